The number of rotatable bonds is 4. The molecule has 1 aliphatic heterocycles. The monoisotopic (exact) mass is 457 g/mol. The largest absolute Gasteiger partial charge is 0.494 e. The third-order valence-electron chi connectivity index (χ3n) is 6.10. The Morgan fingerprint density at radius 3 is 2.79 bits per heavy atom. The van der Waals surface area contributed by atoms with Crippen LogP contribution in [0.5, 0.6) is 5.88 Å². The first kappa shape index (κ1) is 21.4. The molecule has 1 unspecified atom stereocenters. The zero-order chi connectivity index (χ0) is 23.8. The van der Waals surface area contributed by atoms with E-state index in [0.29, 0.717) is 17.5 Å². The van der Waals surface area contributed by atoms with Gasteiger partial charge in [-0.15, -0.1) is 0 Å². The van der Waals surface area contributed by atoms with Crippen LogP contribution in [0, 0.1) is 6.92 Å². The second-order valence-corrected chi connectivity index (χ2v) is 8.39. The molecule has 4 aromatic rings. The van der Waals surface area contributed by atoms with Gasteiger partial charge >= 0.3 is 6.03 Å². The van der Waals surface area contributed by atoms with Crippen LogP contribution in [-0.4, -0.2) is 32.5 Å². The lowest BCUT2D eigenvalue weighted by atomic mass is 10.1. The van der Waals surface area contributed by atoms with Crippen molar-refractivity contribution < 1.29 is 19.5 Å². The maximum Gasteiger partial charge on any atom is 0.319 e. The lowest BCUT2D eigenvalue weighted by Crippen LogP contribution is -2.41. The van der Waals surface area contributed by atoms with Crippen LogP contribution in [0.1, 0.15) is 30.1 Å². The van der Waals surface area contributed by atoms with Gasteiger partial charge in [0.2, 0.25) is 11.8 Å². The van der Waals surface area contributed by atoms with Gasteiger partial charge < -0.3 is 20.3 Å². The fourth-order valence-corrected chi connectivity index (χ4v) is 4.33. The van der Waals surface area contributed by atoms with Crippen LogP contribution in [-0.2, 0) is 16.1 Å². The summed E-state index contributed by atoms with van der Waals surface area (Å²) in [5.41, 5.74) is 2.45. The minimum atomic E-state index is -0.640. The van der Waals surface area contributed by atoms with E-state index in [9.17, 15) is 19.5 Å². The first-order valence-electron chi connectivity index (χ1n) is 11.0. The molecular formula is C25H23N5O4. The SMILES string of the molecule is Cc1nccc2cc(NC(=O)NCc3ccc4c(O)n(C5CCC(=O)NC5=O)cc4c3)ccc12. The lowest BCUT2D eigenvalue weighted by molar-refractivity contribution is -0.135. The summed E-state index contributed by atoms with van der Waals surface area (Å²) < 4.78 is 1.49. The number of hydrogen-bond donors (Lipinski definition) is 4. The number of piperidine rings is 1. The number of aryl methyl sites for hydroxylation is 1. The van der Waals surface area contributed by atoms with Crippen LogP contribution in [0.4, 0.5) is 10.5 Å². The smallest absolute Gasteiger partial charge is 0.319 e. The van der Waals surface area contributed by atoms with Crippen molar-refractivity contribution in [2.75, 3.05) is 5.32 Å². The molecule has 4 amide bonds. The van der Waals surface area contributed by atoms with Crippen LogP contribution in [0.3, 0.4) is 0 Å². The third-order valence-corrected chi connectivity index (χ3v) is 6.10. The Labute approximate surface area is 194 Å². The van der Waals surface area contributed by atoms with E-state index in [0.717, 1.165) is 27.4 Å². The van der Waals surface area contributed by atoms with Gasteiger partial charge in [-0.05, 0) is 54.6 Å². The summed E-state index contributed by atoms with van der Waals surface area (Å²) in [4.78, 5) is 40.3. The molecule has 4 N–H and O–H groups in total. The number of benzene rings is 2. The van der Waals surface area contributed by atoms with E-state index >= 15 is 0 Å². The number of aromatic nitrogens is 2. The van der Waals surface area contributed by atoms with E-state index in [4.69, 9.17) is 0 Å². The van der Waals surface area contributed by atoms with Crippen LogP contribution < -0.4 is 16.0 Å². The van der Waals surface area contributed by atoms with Crippen LogP contribution >= 0.6 is 0 Å². The predicted molar refractivity (Wildman–Crippen MR) is 127 cm³/mol. The molecule has 3 heterocycles. The molecule has 1 atom stereocenters. The molecule has 2 aromatic heterocycles. The minimum absolute atomic E-state index is 0.0245. The fourth-order valence-electron chi connectivity index (χ4n) is 4.33. The van der Waals surface area contributed by atoms with Crippen molar-refractivity contribution in [2.24, 2.45) is 0 Å². The lowest BCUT2D eigenvalue weighted by Gasteiger charge is -2.22. The van der Waals surface area contributed by atoms with Gasteiger partial charge in [-0.2, -0.15) is 0 Å². The molecule has 0 spiro atoms. The zero-order valence-electron chi connectivity index (χ0n) is 18.5. The highest BCUT2D eigenvalue weighted by atomic mass is 16.3. The summed E-state index contributed by atoms with van der Waals surface area (Å²) >= 11 is 0. The normalized spacial score (nSPS) is 16.0. The number of aromatic hydroxyl groups is 1. The van der Waals surface area contributed by atoms with Crippen molar-refractivity contribution >= 4 is 45.1 Å². The van der Waals surface area contributed by atoms with Gasteiger partial charge in [-0.25, -0.2) is 4.79 Å². The average molecular weight is 457 g/mol. The summed E-state index contributed by atoms with van der Waals surface area (Å²) in [5, 5.41) is 22.0. The second-order valence-electron chi connectivity index (χ2n) is 8.39. The number of nitrogens with zero attached hydrogens (tertiary/aromatic N) is 2. The Morgan fingerprint density at radius 1 is 1.15 bits per heavy atom. The molecule has 5 rings (SSSR count). The highest BCUT2D eigenvalue weighted by Gasteiger charge is 2.30. The molecule has 0 bridgehead atoms. The Morgan fingerprint density at radius 2 is 1.97 bits per heavy atom. The molecule has 1 fully saturated rings. The van der Waals surface area contributed by atoms with Crippen LogP contribution in [0.25, 0.3) is 21.5 Å². The minimum Gasteiger partial charge on any atom is -0.494 e. The number of imide groups is 1. The Hall–Kier alpha value is -4.40. The van der Waals surface area contributed by atoms with Crippen molar-refractivity contribution in [1.29, 1.82) is 0 Å². The van der Waals surface area contributed by atoms with E-state index in [2.05, 4.69) is 20.9 Å². The van der Waals surface area contributed by atoms with Gasteiger partial charge in [-0.1, -0.05) is 12.1 Å². The molecule has 9 heteroatoms. The summed E-state index contributed by atoms with van der Waals surface area (Å²) in [6, 6.07) is 12.0. The van der Waals surface area contributed by atoms with E-state index in [1.807, 2.05) is 43.3 Å². The van der Waals surface area contributed by atoms with E-state index in [1.165, 1.54) is 4.57 Å². The first-order valence-corrected chi connectivity index (χ1v) is 11.0. The van der Waals surface area contributed by atoms with Crippen LogP contribution in [0.2, 0.25) is 0 Å². The summed E-state index contributed by atoms with van der Waals surface area (Å²) in [7, 11) is 0. The molecule has 1 aliphatic rings. The Kier molecular flexibility index (Phi) is 5.37. The standard InChI is InChI=1S/C25H23N5O4/c1-14-19-5-3-18(11-16(19)8-9-26-14)28-25(34)27-12-15-2-4-20-17(10-15)13-30(24(20)33)21-6-7-22(31)29-23(21)32/h2-5,8-11,13,21,33H,6-7,12H2,1H3,(H2,27,28,34)(H,29,31,32). The Bertz CT molecular complexity index is 1460. The van der Waals surface area contributed by atoms with Crippen LogP contribution in [0.15, 0.2) is 54.9 Å². The van der Waals surface area contributed by atoms with Gasteiger partial charge in [0.1, 0.15) is 6.04 Å². The van der Waals surface area contributed by atoms with Gasteiger partial charge in [0.05, 0.1) is 0 Å². The number of carbonyl (C=O) groups is 3. The van der Waals surface area contributed by atoms with Gasteiger partial charge in [0.15, 0.2) is 5.88 Å². The summed E-state index contributed by atoms with van der Waals surface area (Å²) in [5.74, 6) is -0.756. The first-order chi connectivity index (χ1) is 16.4. The molecule has 34 heavy (non-hydrogen) atoms. The summed E-state index contributed by atoms with van der Waals surface area (Å²) in [6.45, 7) is 2.22. The predicted octanol–water partition coefficient (Wildman–Crippen LogP) is 3.50. The molecule has 0 aliphatic carbocycles. The molecule has 2 aromatic carbocycles. The van der Waals surface area contributed by atoms with Crippen molar-refractivity contribution in [3.8, 4) is 5.88 Å². The highest BCUT2D eigenvalue weighted by molar-refractivity contribution is 6.00. The number of pyridine rings is 1. The van der Waals surface area contributed by atoms with Gasteiger partial charge in [0, 0.05) is 52.9 Å². The van der Waals surface area contributed by atoms with E-state index in [1.54, 1.807) is 18.5 Å². The number of carbonyl (C=O) groups excluding carboxylic acids is 3. The molecule has 172 valence electrons. The number of amides is 4. The number of anilines is 1. The molecule has 1 saturated heterocycles. The zero-order valence-corrected chi connectivity index (χ0v) is 18.5. The highest BCUT2D eigenvalue weighted by Crippen LogP contribution is 2.33. The molecular weight excluding hydrogens is 434 g/mol. The summed E-state index contributed by atoms with van der Waals surface area (Å²) in [6.07, 6.45) is 3.99. The maximum atomic E-state index is 12.4. The molecule has 9 nitrogen and oxygen atoms in total. The number of fused-ring (bicyclic) bond motifs is 2. The van der Waals surface area contributed by atoms with Crippen molar-refractivity contribution in [2.45, 2.75) is 32.4 Å². The molecule has 0 radical (unpaired) electrons. The van der Waals surface area contributed by atoms with Gasteiger partial charge in [0.25, 0.3) is 0 Å². The third kappa shape index (κ3) is 4.03. The van der Waals surface area contributed by atoms with E-state index in [-0.39, 0.29) is 30.8 Å². The number of urea groups is 1. The van der Waals surface area contributed by atoms with Crippen molar-refractivity contribution in [3.63, 3.8) is 0 Å². The second kappa shape index (κ2) is 8.51. The topological polar surface area (TPSA) is 125 Å². The van der Waals surface area contributed by atoms with Crippen molar-refractivity contribution in [1.82, 2.24) is 20.2 Å². The maximum absolute atomic E-state index is 12.4. The molecule has 0 saturated carbocycles. The van der Waals surface area contributed by atoms with Gasteiger partial charge in [-0.3, -0.25) is 19.9 Å². The van der Waals surface area contributed by atoms with Crippen molar-refractivity contribution in [3.05, 3.63) is 66.1 Å². The quantitative estimate of drug-likeness (QED) is 0.349. The number of nitrogens with one attached hydrogen (secondary N) is 3. The average Bonchev–Trinajstić information content (AvgIpc) is 3.13. The Balaban J connectivity index is 1.27. The van der Waals surface area contributed by atoms with E-state index < -0.39 is 11.9 Å². The fraction of sp³-hybridized carbons (Fsp3) is 0.200. The number of hydrogen-bond acceptors (Lipinski definition) is 5.